The van der Waals surface area contributed by atoms with Crippen molar-refractivity contribution < 1.29 is 9.53 Å². The van der Waals surface area contributed by atoms with Crippen LogP contribution in [-0.4, -0.2) is 80.8 Å². The van der Waals surface area contributed by atoms with Gasteiger partial charge in [0.25, 0.3) is 5.91 Å². The molecule has 0 bridgehead atoms. The molecule has 0 spiro atoms. The standard InChI is InChI=1S/C15H23N7O2/c1-10-13(15(24-5)20(4)17-10)14(23)21-8-11(19(2)3)12(9-21)22-7-6-16-18-22/h6-7,11-12H,8-9H2,1-5H3/t11-,12+/m1/s1. The number of likely N-dealkylation sites (tertiary alicyclic amines) is 1. The third kappa shape index (κ3) is 2.64. The number of carbonyl (C=O) groups excluding carboxylic acids is 1. The lowest BCUT2D eigenvalue weighted by Gasteiger charge is -2.24. The highest BCUT2D eigenvalue weighted by Gasteiger charge is 2.40. The third-order valence-electron chi connectivity index (χ3n) is 4.57. The number of aryl methyl sites for hydroxylation is 2. The molecule has 2 aromatic heterocycles. The molecule has 1 saturated heterocycles. The molecule has 1 amide bonds. The van der Waals surface area contributed by atoms with Gasteiger partial charge in [0.15, 0.2) is 0 Å². The van der Waals surface area contributed by atoms with Crippen molar-refractivity contribution in [3.05, 3.63) is 23.7 Å². The van der Waals surface area contributed by atoms with Gasteiger partial charge in [-0.05, 0) is 21.0 Å². The maximum atomic E-state index is 13.1. The molecule has 2 atom stereocenters. The Morgan fingerprint density at radius 3 is 2.71 bits per heavy atom. The number of likely N-dealkylation sites (N-methyl/N-ethyl adjacent to an activating group) is 1. The topological polar surface area (TPSA) is 81.3 Å². The van der Waals surface area contributed by atoms with Gasteiger partial charge in [0.2, 0.25) is 5.88 Å². The number of nitrogens with zero attached hydrogens (tertiary/aromatic N) is 7. The number of methoxy groups -OCH3 is 1. The van der Waals surface area contributed by atoms with E-state index in [1.54, 1.807) is 25.0 Å². The van der Waals surface area contributed by atoms with Crippen molar-refractivity contribution in [2.24, 2.45) is 7.05 Å². The van der Waals surface area contributed by atoms with Crippen molar-refractivity contribution in [2.75, 3.05) is 34.3 Å². The van der Waals surface area contributed by atoms with Crippen LogP contribution in [0.3, 0.4) is 0 Å². The number of aromatic nitrogens is 5. The van der Waals surface area contributed by atoms with Crippen molar-refractivity contribution in [3.63, 3.8) is 0 Å². The van der Waals surface area contributed by atoms with Crippen molar-refractivity contribution in [2.45, 2.75) is 19.0 Å². The molecule has 9 heteroatoms. The van der Waals surface area contributed by atoms with Gasteiger partial charge in [0.05, 0.1) is 31.1 Å². The van der Waals surface area contributed by atoms with Crippen LogP contribution in [0.2, 0.25) is 0 Å². The van der Waals surface area contributed by atoms with Gasteiger partial charge in [-0.25, -0.2) is 9.36 Å². The Morgan fingerprint density at radius 2 is 2.12 bits per heavy atom. The minimum Gasteiger partial charge on any atom is -0.481 e. The maximum absolute atomic E-state index is 13.1. The molecule has 0 saturated carbocycles. The zero-order valence-corrected chi connectivity index (χ0v) is 14.7. The summed E-state index contributed by atoms with van der Waals surface area (Å²) in [6.45, 7) is 3.01. The summed E-state index contributed by atoms with van der Waals surface area (Å²) in [5, 5.41) is 12.3. The van der Waals surface area contributed by atoms with Gasteiger partial charge in [0.1, 0.15) is 5.56 Å². The lowest BCUT2D eigenvalue weighted by Crippen LogP contribution is -2.37. The van der Waals surface area contributed by atoms with Gasteiger partial charge in [-0.2, -0.15) is 5.10 Å². The molecule has 3 heterocycles. The average molecular weight is 333 g/mol. The van der Waals surface area contributed by atoms with Crippen molar-refractivity contribution in [1.82, 2.24) is 34.6 Å². The second kappa shape index (κ2) is 6.23. The number of rotatable bonds is 4. The summed E-state index contributed by atoms with van der Waals surface area (Å²) in [6, 6.07) is 0.230. The van der Waals surface area contributed by atoms with Gasteiger partial charge in [-0.15, -0.1) is 5.10 Å². The highest BCUT2D eigenvalue weighted by Crippen LogP contribution is 2.29. The molecule has 130 valence electrons. The smallest absolute Gasteiger partial charge is 0.261 e. The minimum absolute atomic E-state index is 0.0630. The van der Waals surface area contributed by atoms with E-state index in [0.717, 1.165) is 0 Å². The summed E-state index contributed by atoms with van der Waals surface area (Å²) >= 11 is 0. The summed E-state index contributed by atoms with van der Waals surface area (Å²) in [5.74, 6) is 0.426. The van der Waals surface area contributed by atoms with E-state index in [1.165, 1.54) is 0 Å². The summed E-state index contributed by atoms with van der Waals surface area (Å²) in [5.41, 5.74) is 1.20. The predicted octanol–water partition coefficient (Wildman–Crippen LogP) is -0.0441. The van der Waals surface area contributed by atoms with E-state index in [0.29, 0.717) is 30.2 Å². The van der Waals surface area contributed by atoms with Crippen molar-refractivity contribution in [3.8, 4) is 5.88 Å². The Balaban J connectivity index is 1.89. The quantitative estimate of drug-likeness (QED) is 0.781. The Bertz CT molecular complexity index is 723. The highest BCUT2D eigenvalue weighted by molar-refractivity contribution is 5.97. The van der Waals surface area contributed by atoms with Gasteiger partial charge in [-0.1, -0.05) is 5.21 Å². The van der Waals surface area contributed by atoms with Crippen LogP contribution in [0, 0.1) is 6.92 Å². The fraction of sp³-hybridized carbons (Fsp3) is 0.600. The molecule has 3 rings (SSSR count). The van der Waals surface area contributed by atoms with E-state index >= 15 is 0 Å². The third-order valence-corrected chi connectivity index (χ3v) is 4.57. The lowest BCUT2D eigenvalue weighted by molar-refractivity contribution is 0.0776. The predicted molar refractivity (Wildman–Crippen MR) is 86.9 cm³/mol. The van der Waals surface area contributed by atoms with Crippen LogP contribution in [-0.2, 0) is 7.05 Å². The molecule has 9 nitrogen and oxygen atoms in total. The van der Waals surface area contributed by atoms with Gasteiger partial charge in [-0.3, -0.25) is 4.79 Å². The van der Waals surface area contributed by atoms with Crippen LogP contribution in [0.5, 0.6) is 5.88 Å². The van der Waals surface area contributed by atoms with Crippen LogP contribution in [0.25, 0.3) is 0 Å². The number of hydrogen-bond acceptors (Lipinski definition) is 6. The minimum atomic E-state index is -0.0630. The number of hydrogen-bond donors (Lipinski definition) is 0. The van der Waals surface area contributed by atoms with Crippen LogP contribution >= 0.6 is 0 Å². The van der Waals surface area contributed by atoms with E-state index in [-0.39, 0.29) is 18.0 Å². The maximum Gasteiger partial charge on any atom is 0.261 e. The molecule has 0 aliphatic carbocycles. The van der Waals surface area contributed by atoms with Crippen LogP contribution in [0.4, 0.5) is 0 Å². The van der Waals surface area contributed by atoms with Crippen LogP contribution < -0.4 is 4.74 Å². The number of ether oxygens (including phenoxy) is 1. The van der Waals surface area contributed by atoms with Crippen molar-refractivity contribution in [1.29, 1.82) is 0 Å². The SMILES string of the molecule is COc1c(C(=O)N2C[C@@H](N(C)C)[C@@H](n3ccnn3)C2)c(C)nn1C. The zero-order chi connectivity index (χ0) is 17.4. The molecule has 0 radical (unpaired) electrons. The van der Waals surface area contributed by atoms with E-state index in [4.69, 9.17) is 4.74 Å². The van der Waals surface area contributed by atoms with Crippen molar-refractivity contribution >= 4 is 5.91 Å². The lowest BCUT2D eigenvalue weighted by atomic mass is 10.1. The Kier molecular flexibility index (Phi) is 4.27. The van der Waals surface area contributed by atoms with E-state index in [1.807, 2.05) is 36.8 Å². The summed E-state index contributed by atoms with van der Waals surface area (Å²) in [4.78, 5) is 17.0. The van der Waals surface area contributed by atoms with Gasteiger partial charge in [0, 0.05) is 26.3 Å². The highest BCUT2D eigenvalue weighted by atomic mass is 16.5. The molecule has 1 fully saturated rings. The Hall–Kier alpha value is -2.42. The van der Waals surface area contributed by atoms with Crippen LogP contribution in [0.1, 0.15) is 22.1 Å². The van der Waals surface area contributed by atoms with Gasteiger partial charge >= 0.3 is 0 Å². The summed E-state index contributed by atoms with van der Waals surface area (Å²) in [7, 11) is 7.35. The first-order chi connectivity index (χ1) is 11.4. The molecule has 0 aromatic carbocycles. The second-order valence-electron chi connectivity index (χ2n) is 6.28. The van der Waals surface area contributed by atoms with Gasteiger partial charge < -0.3 is 14.5 Å². The molecular weight excluding hydrogens is 310 g/mol. The average Bonchev–Trinajstić information content (AvgIpc) is 3.23. The monoisotopic (exact) mass is 333 g/mol. The summed E-state index contributed by atoms with van der Waals surface area (Å²) in [6.07, 6.45) is 3.50. The number of carbonyl (C=O) groups is 1. The Labute approximate surface area is 140 Å². The molecular formula is C15H23N7O2. The molecule has 0 unspecified atom stereocenters. The molecule has 1 aliphatic rings. The first kappa shape index (κ1) is 16.4. The van der Waals surface area contributed by atoms with Crippen LogP contribution in [0.15, 0.2) is 12.4 Å². The fourth-order valence-corrected chi connectivity index (χ4v) is 3.37. The summed E-state index contributed by atoms with van der Waals surface area (Å²) < 4.78 is 8.78. The molecule has 2 aromatic rings. The zero-order valence-electron chi connectivity index (χ0n) is 14.7. The van der Waals surface area contributed by atoms with E-state index < -0.39 is 0 Å². The number of amides is 1. The first-order valence-corrected chi connectivity index (χ1v) is 7.83. The molecule has 1 aliphatic heterocycles. The van der Waals surface area contributed by atoms with E-state index in [9.17, 15) is 4.79 Å². The Morgan fingerprint density at radius 1 is 1.38 bits per heavy atom. The van der Waals surface area contributed by atoms with E-state index in [2.05, 4.69) is 20.3 Å². The normalized spacial score (nSPS) is 20.8. The largest absolute Gasteiger partial charge is 0.481 e. The molecule has 24 heavy (non-hydrogen) atoms. The fourth-order valence-electron chi connectivity index (χ4n) is 3.37. The molecule has 0 N–H and O–H groups in total. The second-order valence-corrected chi connectivity index (χ2v) is 6.28. The first-order valence-electron chi connectivity index (χ1n) is 7.83.